The normalized spacial score (nSPS) is 22.0. The Morgan fingerprint density at radius 2 is 2.04 bits per heavy atom. The first-order chi connectivity index (χ1) is 13.6. The highest BCUT2D eigenvalue weighted by Gasteiger charge is 2.29. The standard InChI is InChI=1S/C20H28N4O4/c21-8-9-22-18(25)15-5-2-10-24(13-15)20(27)14-4-1-6-16(12-14)23-19(26)17-7-3-11-28-17/h1,4,6,12,15,17H,2-3,5,7-11,13,21H2,(H,22,25)(H,23,26). The average Bonchev–Trinajstić information content (AvgIpc) is 3.27. The van der Waals surface area contributed by atoms with Crippen LogP contribution in [0.5, 0.6) is 0 Å². The average molecular weight is 388 g/mol. The molecule has 0 aliphatic carbocycles. The van der Waals surface area contributed by atoms with E-state index < -0.39 is 6.10 Å². The molecule has 8 nitrogen and oxygen atoms in total. The van der Waals surface area contributed by atoms with Crippen molar-refractivity contribution in [3.63, 3.8) is 0 Å². The van der Waals surface area contributed by atoms with E-state index in [4.69, 9.17) is 10.5 Å². The summed E-state index contributed by atoms with van der Waals surface area (Å²) in [5.41, 5.74) is 6.49. The van der Waals surface area contributed by atoms with E-state index in [0.29, 0.717) is 50.5 Å². The minimum atomic E-state index is -0.422. The first kappa shape index (κ1) is 20.3. The summed E-state index contributed by atoms with van der Waals surface area (Å²) < 4.78 is 5.39. The zero-order valence-corrected chi connectivity index (χ0v) is 16.0. The minimum Gasteiger partial charge on any atom is -0.368 e. The van der Waals surface area contributed by atoms with Crippen LogP contribution in [-0.2, 0) is 14.3 Å². The van der Waals surface area contributed by atoms with Gasteiger partial charge < -0.3 is 26.0 Å². The molecule has 28 heavy (non-hydrogen) atoms. The van der Waals surface area contributed by atoms with Gasteiger partial charge in [-0.25, -0.2) is 0 Å². The Morgan fingerprint density at radius 1 is 1.18 bits per heavy atom. The Morgan fingerprint density at radius 3 is 2.79 bits per heavy atom. The monoisotopic (exact) mass is 388 g/mol. The van der Waals surface area contributed by atoms with E-state index in [9.17, 15) is 14.4 Å². The molecule has 2 aliphatic heterocycles. The van der Waals surface area contributed by atoms with Crippen LogP contribution in [-0.4, -0.2) is 61.5 Å². The van der Waals surface area contributed by atoms with Crippen molar-refractivity contribution >= 4 is 23.4 Å². The molecule has 3 rings (SSSR count). The van der Waals surface area contributed by atoms with Crippen molar-refractivity contribution in [2.75, 3.05) is 38.1 Å². The Labute approximate surface area is 164 Å². The van der Waals surface area contributed by atoms with Gasteiger partial charge in [-0.1, -0.05) is 6.07 Å². The van der Waals surface area contributed by atoms with Gasteiger partial charge in [0.2, 0.25) is 5.91 Å². The second kappa shape index (κ2) is 9.66. The number of nitrogens with two attached hydrogens (primary N) is 1. The van der Waals surface area contributed by atoms with Crippen LogP contribution < -0.4 is 16.4 Å². The third kappa shape index (κ3) is 5.08. The van der Waals surface area contributed by atoms with Gasteiger partial charge in [0.05, 0.1) is 5.92 Å². The van der Waals surface area contributed by atoms with E-state index in [-0.39, 0.29) is 23.6 Å². The van der Waals surface area contributed by atoms with Crippen LogP contribution in [0.2, 0.25) is 0 Å². The number of hydrogen-bond donors (Lipinski definition) is 3. The summed E-state index contributed by atoms with van der Waals surface area (Å²) in [7, 11) is 0. The van der Waals surface area contributed by atoms with Crippen molar-refractivity contribution in [1.82, 2.24) is 10.2 Å². The SMILES string of the molecule is NCCNC(=O)C1CCCN(C(=O)c2cccc(NC(=O)C3CCCO3)c2)C1. The molecular weight excluding hydrogens is 360 g/mol. The van der Waals surface area contributed by atoms with Crippen LogP contribution in [0, 0.1) is 5.92 Å². The molecule has 0 saturated carbocycles. The van der Waals surface area contributed by atoms with Crippen LogP contribution in [0.3, 0.4) is 0 Å². The summed E-state index contributed by atoms with van der Waals surface area (Å²) in [6.07, 6.45) is 2.71. The zero-order chi connectivity index (χ0) is 19.9. The molecule has 0 bridgehead atoms. The van der Waals surface area contributed by atoms with Crippen LogP contribution in [0.25, 0.3) is 0 Å². The Bertz CT molecular complexity index is 718. The summed E-state index contributed by atoms with van der Waals surface area (Å²) >= 11 is 0. The second-order valence-corrected chi connectivity index (χ2v) is 7.24. The van der Waals surface area contributed by atoms with Crippen molar-refractivity contribution in [3.05, 3.63) is 29.8 Å². The number of carbonyl (C=O) groups excluding carboxylic acids is 3. The lowest BCUT2D eigenvalue weighted by Crippen LogP contribution is -2.46. The molecule has 2 heterocycles. The number of hydrogen-bond acceptors (Lipinski definition) is 5. The van der Waals surface area contributed by atoms with Crippen molar-refractivity contribution in [2.45, 2.75) is 31.8 Å². The molecule has 1 aromatic rings. The number of amides is 3. The van der Waals surface area contributed by atoms with Crippen molar-refractivity contribution in [2.24, 2.45) is 11.7 Å². The van der Waals surface area contributed by atoms with Gasteiger partial charge >= 0.3 is 0 Å². The highest BCUT2D eigenvalue weighted by molar-refractivity contribution is 5.98. The second-order valence-electron chi connectivity index (χ2n) is 7.24. The first-order valence-electron chi connectivity index (χ1n) is 9.88. The maximum Gasteiger partial charge on any atom is 0.253 e. The number of nitrogens with one attached hydrogen (secondary N) is 2. The summed E-state index contributed by atoms with van der Waals surface area (Å²) in [5.74, 6) is -0.589. The van der Waals surface area contributed by atoms with Crippen LogP contribution in [0.1, 0.15) is 36.0 Å². The molecule has 1 aromatic carbocycles. The van der Waals surface area contributed by atoms with Gasteiger partial charge in [0.25, 0.3) is 11.8 Å². The molecule has 0 radical (unpaired) electrons. The van der Waals surface area contributed by atoms with Crippen molar-refractivity contribution in [3.8, 4) is 0 Å². The molecule has 2 atom stereocenters. The molecule has 2 saturated heterocycles. The van der Waals surface area contributed by atoms with E-state index in [0.717, 1.165) is 19.3 Å². The number of likely N-dealkylation sites (tertiary alicyclic amines) is 1. The molecule has 2 aliphatic rings. The Kier molecular flexibility index (Phi) is 7.00. The first-order valence-corrected chi connectivity index (χ1v) is 9.88. The van der Waals surface area contributed by atoms with E-state index in [1.54, 1.807) is 29.2 Å². The van der Waals surface area contributed by atoms with E-state index in [1.807, 2.05) is 0 Å². The predicted molar refractivity (Wildman–Crippen MR) is 105 cm³/mol. The topological polar surface area (TPSA) is 114 Å². The minimum absolute atomic E-state index is 0.0551. The van der Waals surface area contributed by atoms with Gasteiger partial charge in [-0.15, -0.1) is 0 Å². The zero-order valence-electron chi connectivity index (χ0n) is 16.0. The van der Waals surface area contributed by atoms with Crippen molar-refractivity contribution in [1.29, 1.82) is 0 Å². The summed E-state index contributed by atoms with van der Waals surface area (Å²) in [4.78, 5) is 39.0. The largest absolute Gasteiger partial charge is 0.368 e. The number of carbonyl (C=O) groups is 3. The van der Waals surface area contributed by atoms with Gasteiger partial charge in [-0.3, -0.25) is 14.4 Å². The lowest BCUT2D eigenvalue weighted by Gasteiger charge is -2.32. The number of piperidine rings is 1. The highest BCUT2D eigenvalue weighted by Crippen LogP contribution is 2.21. The number of anilines is 1. The van der Waals surface area contributed by atoms with E-state index in [1.165, 1.54) is 0 Å². The summed E-state index contributed by atoms with van der Waals surface area (Å²) in [6.45, 7) is 2.45. The maximum absolute atomic E-state index is 12.9. The van der Waals surface area contributed by atoms with Gasteiger partial charge in [-0.05, 0) is 43.9 Å². The third-order valence-electron chi connectivity index (χ3n) is 5.12. The smallest absolute Gasteiger partial charge is 0.253 e. The lowest BCUT2D eigenvalue weighted by atomic mass is 9.96. The van der Waals surface area contributed by atoms with Gasteiger partial charge in [0, 0.05) is 44.0 Å². The molecule has 2 unspecified atom stereocenters. The highest BCUT2D eigenvalue weighted by atomic mass is 16.5. The molecule has 8 heteroatoms. The van der Waals surface area contributed by atoms with E-state index in [2.05, 4.69) is 10.6 Å². The summed E-state index contributed by atoms with van der Waals surface area (Å²) in [6, 6.07) is 6.89. The number of nitrogens with zero attached hydrogens (tertiary/aromatic N) is 1. The van der Waals surface area contributed by atoms with E-state index >= 15 is 0 Å². The molecule has 152 valence electrons. The van der Waals surface area contributed by atoms with Crippen LogP contribution >= 0.6 is 0 Å². The Hall–Kier alpha value is -2.45. The molecule has 0 spiro atoms. The number of rotatable bonds is 6. The third-order valence-corrected chi connectivity index (χ3v) is 5.12. The predicted octanol–water partition coefficient (Wildman–Crippen LogP) is 0.731. The Balaban J connectivity index is 1.61. The lowest BCUT2D eigenvalue weighted by molar-refractivity contribution is -0.126. The van der Waals surface area contributed by atoms with Gasteiger partial charge in [0.15, 0.2) is 0 Å². The number of ether oxygens (including phenoxy) is 1. The molecule has 3 amide bonds. The fourth-order valence-electron chi connectivity index (χ4n) is 3.64. The molecular formula is C20H28N4O4. The molecule has 2 fully saturated rings. The van der Waals surface area contributed by atoms with Crippen LogP contribution in [0.4, 0.5) is 5.69 Å². The van der Waals surface area contributed by atoms with Crippen molar-refractivity contribution < 1.29 is 19.1 Å². The fourth-order valence-corrected chi connectivity index (χ4v) is 3.64. The number of benzene rings is 1. The fraction of sp³-hybridized carbons (Fsp3) is 0.550. The quantitative estimate of drug-likeness (QED) is 0.665. The summed E-state index contributed by atoms with van der Waals surface area (Å²) in [5, 5.41) is 5.62. The van der Waals surface area contributed by atoms with Crippen LogP contribution in [0.15, 0.2) is 24.3 Å². The molecule has 4 N–H and O–H groups in total. The molecule has 0 aromatic heterocycles. The van der Waals surface area contributed by atoms with Gasteiger partial charge in [0.1, 0.15) is 6.10 Å². The van der Waals surface area contributed by atoms with Gasteiger partial charge in [-0.2, -0.15) is 0 Å². The maximum atomic E-state index is 12.9.